The van der Waals surface area contributed by atoms with Gasteiger partial charge in [0, 0.05) is 11.1 Å². The smallest absolute Gasteiger partial charge is 0.153 e. The Morgan fingerprint density at radius 2 is 2.38 bits per heavy atom. The van der Waals surface area contributed by atoms with E-state index in [0.717, 1.165) is 21.4 Å². The van der Waals surface area contributed by atoms with Crippen molar-refractivity contribution in [3.05, 3.63) is 16.1 Å². The average molecular weight is 272 g/mol. The highest BCUT2D eigenvalue weighted by Gasteiger charge is 2.10. The van der Waals surface area contributed by atoms with Gasteiger partial charge in [0.25, 0.3) is 0 Å². The molecular weight excluding hydrogens is 260 g/mol. The number of nitrogen functional groups attached to an aromatic ring is 1. The maximum absolute atomic E-state index is 5.75. The molecule has 2 heterocycles. The molecule has 2 rings (SSSR count). The highest BCUT2D eigenvalue weighted by Crippen LogP contribution is 2.34. The molecule has 0 aliphatic carbocycles. The summed E-state index contributed by atoms with van der Waals surface area (Å²) in [4.78, 5) is 6.47. The summed E-state index contributed by atoms with van der Waals surface area (Å²) in [6, 6.07) is 0. The van der Waals surface area contributed by atoms with Crippen LogP contribution in [-0.2, 0) is 6.54 Å². The highest BCUT2D eigenvalue weighted by molar-refractivity contribution is 7.99. The van der Waals surface area contributed by atoms with Gasteiger partial charge < -0.3 is 11.1 Å². The van der Waals surface area contributed by atoms with E-state index in [1.54, 1.807) is 23.1 Å². The molecule has 0 atom stereocenters. The molecular formula is C9H12N4S3. The number of rotatable bonds is 4. The fraction of sp³-hybridized carbons (Fsp3) is 0.333. The van der Waals surface area contributed by atoms with Gasteiger partial charge in [0.15, 0.2) is 5.82 Å². The molecule has 0 saturated carbocycles. The second-order valence-electron chi connectivity index (χ2n) is 3.13. The molecule has 0 radical (unpaired) electrons. The molecule has 86 valence electrons. The molecule has 0 saturated heterocycles. The zero-order valence-electron chi connectivity index (χ0n) is 8.98. The molecule has 2 aromatic heterocycles. The summed E-state index contributed by atoms with van der Waals surface area (Å²) in [6.45, 7) is 2.78. The molecule has 0 aromatic carbocycles. The monoisotopic (exact) mass is 272 g/mol. The maximum Gasteiger partial charge on any atom is 0.153 e. The van der Waals surface area contributed by atoms with E-state index in [1.807, 2.05) is 19.4 Å². The summed E-state index contributed by atoms with van der Waals surface area (Å²) in [5.74, 6) is 0.612. The predicted octanol–water partition coefficient (Wildman–Crippen LogP) is 2.82. The lowest BCUT2D eigenvalue weighted by Gasteiger charge is -2.02. The fourth-order valence-corrected chi connectivity index (χ4v) is 3.53. The predicted molar refractivity (Wildman–Crippen MR) is 72.5 cm³/mol. The number of hydrogen-bond donors (Lipinski definition) is 2. The average Bonchev–Trinajstić information content (AvgIpc) is 2.82. The maximum atomic E-state index is 5.75. The van der Waals surface area contributed by atoms with E-state index in [-0.39, 0.29) is 0 Å². The van der Waals surface area contributed by atoms with Crippen LogP contribution in [0.3, 0.4) is 0 Å². The Labute approximate surface area is 106 Å². The third kappa shape index (κ3) is 2.47. The van der Waals surface area contributed by atoms with Crippen LogP contribution in [0.2, 0.25) is 0 Å². The van der Waals surface area contributed by atoms with Crippen molar-refractivity contribution in [3.8, 4) is 0 Å². The fourth-order valence-electron chi connectivity index (χ4n) is 1.26. The zero-order valence-corrected chi connectivity index (χ0v) is 11.4. The largest absolute Gasteiger partial charge is 0.382 e. The molecule has 0 fully saturated rings. The number of anilines is 2. The van der Waals surface area contributed by atoms with E-state index in [4.69, 9.17) is 5.73 Å². The quantitative estimate of drug-likeness (QED) is 0.838. The molecule has 2 aromatic rings. The number of aryl methyl sites for hydroxylation is 1. The lowest BCUT2D eigenvalue weighted by Crippen LogP contribution is -1.96. The van der Waals surface area contributed by atoms with E-state index >= 15 is 0 Å². The van der Waals surface area contributed by atoms with Crippen LogP contribution in [0, 0.1) is 6.92 Å². The number of nitrogens with one attached hydrogen (secondary N) is 1. The van der Waals surface area contributed by atoms with Crippen LogP contribution in [0.15, 0.2) is 11.1 Å². The van der Waals surface area contributed by atoms with Gasteiger partial charge in [0.05, 0.1) is 16.4 Å². The number of nitrogens with zero attached hydrogens (tertiary/aromatic N) is 2. The van der Waals surface area contributed by atoms with E-state index in [2.05, 4.69) is 14.7 Å². The van der Waals surface area contributed by atoms with Gasteiger partial charge in [-0.3, -0.25) is 0 Å². The van der Waals surface area contributed by atoms with Gasteiger partial charge in [-0.25, -0.2) is 4.98 Å². The summed E-state index contributed by atoms with van der Waals surface area (Å²) in [5, 5.41) is 5.47. The van der Waals surface area contributed by atoms with Crippen molar-refractivity contribution in [2.75, 3.05) is 17.3 Å². The first-order chi connectivity index (χ1) is 7.70. The van der Waals surface area contributed by atoms with Crippen LogP contribution in [0.1, 0.15) is 9.88 Å². The van der Waals surface area contributed by atoms with Crippen molar-refractivity contribution in [3.63, 3.8) is 0 Å². The van der Waals surface area contributed by atoms with Crippen molar-refractivity contribution >= 4 is 45.5 Å². The number of thiazole rings is 1. The van der Waals surface area contributed by atoms with Crippen LogP contribution in [0.5, 0.6) is 0 Å². The standard InChI is InChI=1S/C9H12N4S3/c1-5-11-3-6(15-5)4-12-9-7(14-2)8(10)13-16-9/h3,12H,4H2,1-2H3,(H2,10,13). The SMILES string of the molecule is CSc1c(N)nsc1NCc1cnc(C)s1. The Hall–Kier alpha value is -0.790. The van der Waals surface area contributed by atoms with E-state index < -0.39 is 0 Å². The summed E-state index contributed by atoms with van der Waals surface area (Å²) in [5.41, 5.74) is 5.75. The number of hydrogen-bond acceptors (Lipinski definition) is 7. The van der Waals surface area contributed by atoms with Gasteiger partial charge in [-0.05, 0) is 24.7 Å². The van der Waals surface area contributed by atoms with Gasteiger partial charge in [0.1, 0.15) is 5.00 Å². The summed E-state index contributed by atoms with van der Waals surface area (Å²) < 4.78 is 4.13. The Morgan fingerprint density at radius 1 is 1.56 bits per heavy atom. The van der Waals surface area contributed by atoms with Gasteiger partial charge in [-0.2, -0.15) is 4.37 Å². The van der Waals surface area contributed by atoms with Gasteiger partial charge in [-0.1, -0.05) is 0 Å². The Kier molecular flexibility index (Phi) is 3.67. The minimum atomic E-state index is 0.612. The first kappa shape index (κ1) is 11.7. The van der Waals surface area contributed by atoms with E-state index in [9.17, 15) is 0 Å². The normalized spacial score (nSPS) is 10.6. The molecule has 0 bridgehead atoms. The zero-order chi connectivity index (χ0) is 11.5. The highest BCUT2D eigenvalue weighted by atomic mass is 32.2. The third-order valence-electron chi connectivity index (χ3n) is 1.97. The lowest BCUT2D eigenvalue weighted by molar-refractivity contribution is 1.17. The lowest BCUT2D eigenvalue weighted by atomic mass is 10.5. The first-order valence-electron chi connectivity index (χ1n) is 4.65. The molecule has 7 heteroatoms. The van der Waals surface area contributed by atoms with E-state index in [1.165, 1.54) is 16.4 Å². The molecule has 0 aliphatic heterocycles. The summed E-state index contributed by atoms with van der Waals surface area (Å²) in [7, 11) is 0. The molecule has 16 heavy (non-hydrogen) atoms. The number of aromatic nitrogens is 2. The number of nitrogens with two attached hydrogens (primary N) is 1. The summed E-state index contributed by atoms with van der Waals surface area (Å²) in [6.07, 6.45) is 3.90. The minimum Gasteiger partial charge on any atom is -0.382 e. The van der Waals surface area contributed by atoms with Gasteiger partial charge in [0.2, 0.25) is 0 Å². The van der Waals surface area contributed by atoms with E-state index in [0.29, 0.717) is 5.82 Å². The minimum absolute atomic E-state index is 0.612. The van der Waals surface area contributed by atoms with Crippen molar-refractivity contribution in [2.45, 2.75) is 18.4 Å². The first-order valence-corrected chi connectivity index (χ1v) is 7.46. The van der Waals surface area contributed by atoms with Crippen LogP contribution in [0.25, 0.3) is 0 Å². The molecule has 0 unspecified atom stereocenters. The molecule has 4 nitrogen and oxygen atoms in total. The second-order valence-corrected chi connectivity index (χ2v) is 6.04. The van der Waals surface area contributed by atoms with Crippen molar-refractivity contribution < 1.29 is 0 Å². The Balaban J connectivity index is 2.04. The van der Waals surface area contributed by atoms with Crippen molar-refractivity contribution in [1.82, 2.24) is 9.36 Å². The van der Waals surface area contributed by atoms with Gasteiger partial charge in [-0.15, -0.1) is 23.1 Å². The molecule has 3 N–H and O–H groups in total. The molecule has 0 aliphatic rings. The third-order valence-corrected chi connectivity index (χ3v) is 4.65. The second kappa shape index (κ2) is 5.03. The molecule has 0 spiro atoms. The summed E-state index contributed by atoms with van der Waals surface area (Å²) >= 11 is 4.72. The van der Waals surface area contributed by atoms with Gasteiger partial charge >= 0.3 is 0 Å². The number of thioether (sulfide) groups is 1. The van der Waals surface area contributed by atoms with Crippen molar-refractivity contribution in [1.29, 1.82) is 0 Å². The van der Waals surface area contributed by atoms with Crippen LogP contribution < -0.4 is 11.1 Å². The Morgan fingerprint density at radius 3 is 3.00 bits per heavy atom. The topological polar surface area (TPSA) is 63.8 Å². The van der Waals surface area contributed by atoms with Crippen molar-refractivity contribution in [2.24, 2.45) is 0 Å². The van der Waals surface area contributed by atoms with Crippen LogP contribution in [0.4, 0.5) is 10.8 Å². The van der Waals surface area contributed by atoms with Crippen LogP contribution in [-0.4, -0.2) is 15.6 Å². The Bertz CT molecular complexity index is 477. The molecule has 0 amide bonds. The van der Waals surface area contributed by atoms with Crippen LogP contribution >= 0.6 is 34.6 Å².